The molecule has 4 heteroatoms. The number of amides is 1. The van der Waals surface area contributed by atoms with Gasteiger partial charge < -0.3 is 10.6 Å². The first kappa shape index (κ1) is 13.8. The number of halogens is 1. The Labute approximate surface area is 104 Å². The van der Waals surface area contributed by atoms with E-state index in [1.807, 2.05) is 18.7 Å². The third kappa shape index (κ3) is 1.95. The molecule has 3 atom stereocenters. The summed E-state index contributed by atoms with van der Waals surface area (Å²) in [5.41, 5.74) is 6.35. The molecule has 2 aliphatic rings. The number of piperidine rings is 1. The summed E-state index contributed by atoms with van der Waals surface area (Å²) in [5, 5.41) is 0. The van der Waals surface area contributed by atoms with Crippen LogP contribution in [0.25, 0.3) is 0 Å². The van der Waals surface area contributed by atoms with Crippen molar-refractivity contribution in [2.75, 3.05) is 13.1 Å². The lowest BCUT2D eigenvalue weighted by atomic mass is 10.0. The fraction of sp³-hybridized carbons (Fsp3) is 0.917. The highest BCUT2D eigenvalue weighted by Gasteiger charge is 2.62. The van der Waals surface area contributed by atoms with Crippen LogP contribution in [0, 0.1) is 23.2 Å². The van der Waals surface area contributed by atoms with Crippen molar-refractivity contribution in [1.29, 1.82) is 0 Å². The Kier molecular flexibility index (Phi) is 3.61. The molecule has 1 aliphatic carbocycles. The number of nitrogens with zero attached hydrogens (tertiary/aromatic N) is 1. The molecular formula is C12H23ClN2O. The van der Waals surface area contributed by atoms with Crippen molar-refractivity contribution in [1.82, 2.24) is 4.90 Å². The molecule has 16 heavy (non-hydrogen) atoms. The van der Waals surface area contributed by atoms with E-state index in [-0.39, 0.29) is 30.3 Å². The maximum Gasteiger partial charge on any atom is 0.239 e. The molecule has 3 unspecified atom stereocenters. The topological polar surface area (TPSA) is 46.3 Å². The van der Waals surface area contributed by atoms with Crippen LogP contribution in [0.3, 0.4) is 0 Å². The van der Waals surface area contributed by atoms with Crippen molar-refractivity contribution in [3.8, 4) is 0 Å². The van der Waals surface area contributed by atoms with Gasteiger partial charge in [-0.15, -0.1) is 12.4 Å². The normalized spacial score (nSPS) is 32.0. The van der Waals surface area contributed by atoms with E-state index < -0.39 is 0 Å². The monoisotopic (exact) mass is 246 g/mol. The molecule has 1 amide bonds. The smallest absolute Gasteiger partial charge is 0.239 e. The van der Waals surface area contributed by atoms with Crippen LogP contribution in [0.5, 0.6) is 0 Å². The van der Waals surface area contributed by atoms with E-state index in [1.165, 1.54) is 0 Å². The van der Waals surface area contributed by atoms with Crippen molar-refractivity contribution in [3.63, 3.8) is 0 Å². The Hall–Kier alpha value is -0.280. The van der Waals surface area contributed by atoms with Gasteiger partial charge in [0.1, 0.15) is 0 Å². The number of fused-ring (bicyclic) bond motifs is 1. The van der Waals surface area contributed by atoms with Gasteiger partial charge in [-0.05, 0) is 23.2 Å². The van der Waals surface area contributed by atoms with Gasteiger partial charge in [0, 0.05) is 13.1 Å². The van der Waals surface area contributed by atoms with Gasteiger partial charge in [-0.25, -0.2) is 0 Å². The zero-order valence-corrected chi connectivity index (χ0v) is 11.4. The van der Waals surface area contributed by atoms with Crippen LogP contribution in [-0.4, -0.2) is 29.9 Å². The maximum atomic E-state index is 12.0. The molecule has 0 aromatic rings. The first-order chi connectivity index (χ1) is 6.85. The van der Waals surface area contributed by atoms with E-state index in [0.29, 0.717) is 5.41 Å². The van der Waals surface area contributed by atoms with Crippen LogP contribution in [-0.2, 0) is 4.79 Å². The molecule has 1 saturated carbocycles. The van der Waals surface area contributed by atoms with Crippen LogP contribution >= 0.6 is 12.4 Å². The van der Waals surface area contributed by atoms with Gasteiger partial charge in [-0.2, -0.15) is 0 Å². The molecule has 1 saturated heterocycles. The Morgan fingerprint density at radius 1 is 1.31 bits per heavy atom. The Morgan fingerprint density at radius 2 is 1.75 bits per heavy atom. The molecule has 2 rings (SSSR count). The predicted molar refractivity (Wildman–Crippen MR) is 67.4 cm³/mol. The third-order valence-corrected chi connectivity index (χ3v) is 4.44. The van der Waals surface area contributed by atoms with E-state index in [9.17, 15) is 4.79 Å². The van der Waals surface area contributed by atoms with Crippen molar-refractivity contribution in [2.24, 2.45) is 28.9 Å². The van der Waals surface area contributed by atoms with Crippen molar-refractivity contribution in [3.05, 3.63) is 0 Å². The summed E-state index contributed by atoms with van der Waals surface area (Å²) in [6.45, 7) is 10.5. The van der Waals surface area contributed by atoms with Gasteiger partial charge in [-0.1, -0.05) is 27.7 Å². The van der Waals surface area contributed by atoms with Crippen LogP contribution in [0.2, 0.25) is 0 Å². The minimum atomic E-state index is -0.314. The van der Waals surface area contributed by atoms with Crippen LogP contribution in [0.4, 0.5) is 0 Å². The maximum absolute atomic E-state index is 12.0. The summed E-state index contributed by atoms with van der Waals surface area (Å²) < 4.78 is 0. The van der Waals surface area contributed by atoms with Crippen LogP contribution in [0.15, 0.2) is 0 Å². The molecule has 2 fully saturated rings. The lowest BCUT2D eigenvalue weighted by Crippen LogP contribution is -2.46. The van der Waals surface area contributed by atoms with E-state index >= 15 is 0 Å². The highest BCUT2D eigenvalue weighted by Crippen LogP contribution is 2.61. The minimum Gasteiger partial charge on any atom is -0.341 e. The predicted octanol–water partition coefficient (Wildman–Crippen LogP) is 1.51. The Bertz CT molecular complexity index is 277. The second kappa shape index (κ2) is 4.19. The lowest BCUT2D eigenvalue weighted by molar-refractivity contribution is -0.133. The number of nitrogens with two attached hydrogens (primary N) is 1. The Morgan fingerprint density at radius 3 is 2.12 bits per heavy atom. The van der Waals surface area contributed by atoms with Gasteiger partial charge in [-0.3, -0.25) is 4.79 Å². The van der Waals surface area contributed by atoms with Gasteiger partial charge in [0.2, 0.25) is 5.91 Å². The van der Waals surface area contributed by atoms with Crippen molar-refractivity contribution in [2.45, 2.75) is 33.7 Å². The minimum absolute atomic E-state index is 0. The summed E-state index contributed by atoms with van der Waals surface area (Å²) in [7, 11) is 0. The fourth-order valence-electron chi connectivity index (χ4n) is 2.81. The number of hydrogen-bond acceptors (Lipinski definition) is 2. The zero-order chi connectivity index (χ0) is 11.4. The highest BCUT2D eigenvalue weighted by atomic mass is 35.5. The summed E-state index contributed by atoms with van der Waals surface area (Å²) in [6, 6.07) is -0.314. The molecule has 1 heterocycles. The number of carbonyl (C=O) groups excluding carboxylic acids is 1. The molecule has 94 valence electrons. The molecule has 3 nitrogen and oxygen atoms in total. The van der Waals surface area contributed by atoms with Crippen molar-refractivity contribution >= 4 is 18.3 Å². The molecular weight excluding hydrogens is 224 g/mol. The summed E-state index contributed by atoms with van der Waals surface area (Å²) in [5.74, 6) is 1.83. The number of carbonyl (C=O) groups is 1. The molecule has 0 bridgehead atoms. The van der Waals surface area contributed by atoms with E-state index in [4.69, 9.17) is 5.73 Å². The first-order valence-corrected chi connectivity index (χ1v) is 5.90. The number of likely N-dealkylation sites (tertiary alicyclic amines) is 1. The average Bonchev–Trinajstić information content (AvgIpc) is 2.55. The molecule has 2 N–H and O–H groups in total. The third-order valence-electron chi connectivity index (χ3n) is 4.44. The average molecular weight is 247 g/mol. The molecule has 0 aromatic heterocycles. The number of hydrogen-bond donors (Lipinski definition) is 1. The Balaban J connectivity index is 0.00000128. The molecule has 0 spiro atoms. The van der Waals surface area contributed by atoms with Gasteiger partial charge >= 0.3 is 0 Å². The van der Waals surface area contributed by atoms with Crippen molar-refractivity contribution < 1.29 is 4.79 Å². The summed E-state index contributed by atoms with van der Waals surface area (Å²) >= 11 is 0. The first-order valence-electron chi connectivity index (χ1n) is 5.90. The van der Waals surface area contributed by atoms with E-state index in [1.54, 1.807) is 0 Å². The molecule has 0 aromatic carbocycles. The molecule has 1 aliphatic heterocycles. The lowest BCUT2D eigenvalue weighted by Gasteiger charge is -2.26. The highest BCUT2D eigenvalue weighted by molar-refractivity contribution is 5.85. The second-order valence-corrected chi connectivity index (χ2v) is 6.05. The van der Waals surface area contributed by atoms with Crippen LogP contribution < -0.4 is 5.73 Å². The largest absolute Gasteiger partial charge is 0.341 e. The fourth-order valence-corrected chi connectivity index (χ4v) is 2.81. The molecule has 0 radical (unpaired) electrons. The van der Waals surface area contributed by atoms with Gasteiger partial charge in [0.15, 0.2) is 0 Å². The van der Waals surface area contributed by atoms with Crippen LogP contribution in [0.1, 0.15) is 27.7 Å². The van der Waals surface area contributed by atoms with E-state index in [0.717, 1.165) is 24.9 Å². The second-order valence-electron chi connectivity index (χ2n) is 6.05. The SMILES string of the molecule is CC(C)C(N)C(=O)N1CC2C(C1)C2(C)C.Cl. The number of rotatable bonds is 2. The standard InChI is InChI=1S/C12H22N2O.ClH/c1-7(2)10(13)11(15)14-5-8-9(6-14)12(8,3)4;/h7-10H,5-6,13H2,1-4H3;1H. The quantitative estimate of drug-likeness (QED) is 0.803. The summed E-state index contributed by atoms with van der Waals surface area (Å²) in [6.07, 6.45) is 0. The van der Waals surface area contributed by atoms with Gasteiger partial charge in [0.05, 0.1) is 6.04 Å². The van der Waals surface area contributed by atoms with Gasteiger partial charge in [0.25, 0.3) is 0 Å². The zero-order valence-electron chi connectivity index (χ0n) is 10.6. The van der Waals surface area contributed by atoms with E-state index in [2.05, 4.69) is 13.8 Å². The summed E-state index contributed by atoms with van der Waals surface area (Å²) in [4.78, 5) is 13.9.